The van der Waals surface area contributed by atoms with Gasteiger partial charge in [-0.2, -0.15) is 0 Å². The molecule has 2 aromatic heterocycles. The molecule has 2 aromatic rings. The van der Waals surface area contributed by atoms with Crippen molar-refractivity contribution in [3.05, 3.63) is 40.6 Å². The zero-order valence-electron chi connectivity index (χ0n) is 21.6. The van der Waals surface area contributed by atoms with Crippen LogP contribution in [0.4, 0.5) is 0 Å². The van der Waals surface area contributed by atoms with Crippen molar-refractivity contribution in [2.45, 2.75) is 129 Å². The Hall–Kier alpha value is 0.100. The average Bonchev–Trinajstić information content (AvgIpc) is 3.37. The fourth-order valence-electron chi connectivity index (χ4n) is 4.42. The Bertz CT molecular complexity index is 737. The van der Waals surface area contributed by atoms with Crippen LogP contribution in [-0.2, 0) is 12.8 Å². The molecule has 192 valence electrons. The second kappa shape index (κ2) is 19.2. The molecule has 0 bridgehead atoms. The van der Waals surface area contributed by atoms with Gasteiger partial charge >= 0.3 is 0 Å². The van der Waals surface area contributed by atoms with Crippen LogP contribution in [0.2, 0.25) is 0 Å². The van der Waals surface area contributed by atoms with Crippen molar-refractivity contribution in [1.29, 1.82) is 0 Å². The van der Waals surface area contributed by atoms with Crippen molar-refractivity contribution >= 4 is 66.7 Å². The summed E-state index contributed by atoms with van der Waals surface area (Å²) in [5.74, 6) is 0. The summed E-state index contributed by atoms with van der Waals surface area (Å²) in [6.45, 7) is 4.58. The fourth-order valence-corrected chi connectivity index (χ4v) is 7.84. The minimum atomic E-state index is 1.20. The van der Waals surface area contributed by atoms with Gasteiger partial charge in [-0.3, -0.25) is 0 Å². The monoisotopic (exact) mass is 628 g/mol. The van der Waals surface area contributed by atoms with E-state index in [-0.39, 0.29) is 0 Å². The molecule has 4 heteroatoms. The smallest absolute Gasteiger partial charge is 0.0736 e. The minimum Gasteiger partial charge on any atom is -0.129 e. The topological polar surface area (TPSA) is 0 Å². The van der Waals surface area contributed by atoms with Gasteiger partial charge in [0.1, 0.15) is 0 Å². The van der Waals surface area contributed by atoms with Crippen LogP contribution in [0.25, 0.3) is 12.2 Å². The number of rotatable bonds is 20. The second-order valence-corrected chi connectivity index (χ2v) is 14.5. The first-order valence-electron chi connectivity index (χ1n) is 13.9. The lowest BCUT2D eigenvalue weighted by molar-refractivity contribution is 0.575. The maximum Gasteiger partial charge on any atom is 0.0736 e. The molecule has 2 heterocycles. The molecule has 34 heavy (non-hydrogen) atoms. The van der Waals surface area contributed by atoms with Gasteiger partial charge in [-0.15, -0.1) is 22.7 Å². The molecule has 0 aliphatic carbocycles. The van der Waals surface area contributed by atoms with Crippen LogP contribution < -0.4 is 0 Å². The van der Waals surface area contributed by atoms with Crippen LogP contribution >= 0.6 is 54.5 Å². The second-order valence-electron chi connectivity index (χ2n) is 9.68. The summed E-state index contributed by atoms with van der Waals surface area (Å²) in [5.41, 5.74) is 2.97. The molecule has 0 aliphatic heterocycles. The van der Waals surface area contributed by atoms with Gasteiger partial charge < -0.3 is 0 Å². The first-order valence-corrected chi connectivity index (χ1v) is 17.1. The Morgan fingerprint density at radius 3 is 1.21 bits per heavy atom. The first kappa shape index (κ1) is 30.3. The highest BCUT2D eigenvalue weighted by Crippen LogP contribution is 2.33. The van der Waals surface area contributed by atoms with Crippen LogP contribution in [0, 0.1) is 0 Å². The largest absolute Gasteiger partial charge is 0.129 e. The molecule has 0 atom stereocenters. The van der Waals surface area contributed by atoms with Crippen LogP contribution in [0.5, 0.6) is 0 Å². The summed E-state index contributed by atoms with van der Waals surface area (Å²) in [6.07, 6.45) is 29.1. The van der Waals surface area contributed by atoms with E-state index in [0.717, 1.165) is 0 Å². The van der Waals surface area contributed by atoms with Gasteiger partial charge in [0, 0.05) is 9.75 Å². The van der Waals surface area contributed by atoms with E-state index in [4.69, 9.17) is 0 Å². The molecule has 0 aliphatic rings. The minimum absolute atomic E-state index is 1.20. The van der Waals surface area contributed by atoms with Crippen LogP contribution in [0.15, 0.2) is 19.7 Å². The summed E-state index contributed by atoms with van der Waals surface area (Å²) in [5, 5.41) is 0. The van der Waals surface area contributed by atoms with E-state index in [0.29, 0.717) is 0 Å². The third-order valence-corrected chi connectivity index (χ3v) is 10.4. The third-order valence-electron chi connectivity index (χ3n) is 6.56. The van der Waals surface area contributed by atoms with Gasteiger partial charge in [-0.05, 0) is 93.0 Å². The highest BCUT2D eigenvalue weighted by molar-refractivity contribution is 9.11. The molecule has 0 nitrogen and oxygen atoms in total. The van der Waals surface area contributed by atoms with Crippen LogP contribution in [0.1, 0.15) is 137 Å². The van der Waals surface area contributed by atoms with Gasteiger partial charge in [0.25, 0.3) is 0 Å². The van der Waals surface area contributed by atoms with Crippen molar-refractivity contribution in [3.63, 3.8) is 0 Å². The highest BCUT2D eigenvalue weighted by atomic mass is 79.9. The molecule has 0 aromatic carbocycles. The van der Waals surface area contributed by atoms with Gasteiger partial charge in [-0.1, -0.05) is 104 Å². The van der Waals surface area contributed by atoms with E-state index in [1.165, 1.54) is 144 Å². The quantitative estimate of drug-likeness (QED) is 0.128. The number of hydrogen-bond donors (Lipinski definition) is 0. The lowest BCUT2D eigenvalue weighted by Crippen LogP contribution is -1.85. The van der Waals surface area contributed by atoms with Gasteiger partial charge in [0.05, 0.1) is 7.57 Å². The molecule has 0 spiro atoms. The Kier molecular flexibility index (Phi) is 17.2. The third kappa shape index (κ3) is 12.9. The molecule has 2 rings (SSSR count). The van der Waals surface area contributed by atoms with Gasteiger partial charge in [-0.25, -0.2) is 0 Å². The predicted octanol–water partition coefficient (Wildman–Crippen LogP) is 12.9. The Morgan fingerprint density at radius 2 is 0.853 bits per heavy atom. The van der Waals surface area contributed by atoms with Crippen molar-refractivity contribution in [3.8, 4) is 0 Å². The fraction of sp³-hybridized carbons (Fsp3) is 0.667. The number of hydrogen-bond acceptors (Lipinski definition) is 2. The molecular formula is C30H46Br2S2. The van der Waals surface area contributed by atoms with Crippen molar-refractivity contribution in [2.75, 3.05) is 0 Å². The van der Waals surface area contributed by atoms with Crippen molar-refractivity contribution < 1.29 is 0 Å². The molecule has 0 fully saturated rings. The summed E-state index contributed by atoms with van der Waals surface area (Å²) in [7, 11) is 0. The number of unbranched alkanes of at least 4 members (excludes halogenated alkanes) is 14. The highest BCUT2D eigenvalue weighted by Gasteiger charge is 2.07. The van der Waals surface area contributed by atoms with E-state index < -0.39 is 0 Å². The van der Waals surface area contributed by atoms with E-state index in [1.54, 1.807) is 0 Å². The van der Waals surface area contributed by atoms with Crippen LogP contribution in [0.3, 0.4) is 0 Å². The normalized spacial score (nSPS) is 11.8. The van der Waals surface area contributed by atoms with E-state index >= 15 is 0 Å². The molecule has 0 unspecified atom stereocenters. The van der Waals surface area contributed by atoms with E-state index in [9.17, 15) is 0 Å². The van der Waals surface area contributed by atoms with Crippen molar-refractivity contribution in [2.24, 2.45) is 0 Å². The van der Waals surface area contributed by atoms with Crippen molar-refractivity contribution in [1.82, 2.24) is 0 Å². The number of halogens is 2. The number of thiophene rings is 2. The summed E-state index contributed by atoms with van der Waals surface area (Å²) >= 11 is 11.4. The average molecular weight is 631 g/mol. The molecule has 0 amide bonds. The summed E-state index contributed by atoms with van der Waals surface area (Å²) in [4.78, 5) is 2.71. The standard InChI is InChI=1S/C30H46Br2S2/c1-3-5-7-9-11-13-15-17-19-25-23-27(33-29(25)31)21-22-28-24-26(30(32)34-28)20-18-16-14-12-10-8-6-4-2/h21-24H,3-20H2,1-2H3/b22-21+. The summed E-state index contributed by atoms with van der Waals surface area (Å²) in [6, 6.07) is 4.77. The van der Waals surface area contributed by atoms with E-state index in [1.807, 2.05) is 22.7 Å². The Balaban J connectivity index is 1.69. The van der Waals surface area contributed by atoms with Gasteiger partial charge in [0.2, 0.25) is 0 Å². The molecule has 0 N–H and O–H groups in total. The lowest BCUT2D eigenvalue weighted by atomic mass is 10.1. The zero-order valence-corrected chi connectivity index (χ0v) is 26.4. The Morgan fingerprint density at radius 1 is 0.529 bits per heavy atom. The van der Waals surface area contributed by atoms with Gasteiger partial charge in [0.15, 0.2) is 0 Å². The Labute approximate surface area is 235 Å². The SMILES string of the molecule is CCCCCCCCCCc1cc(/C=C/c2cc(CCCCCCCCCC)c(Br)s2)sc1Br. The molecular weight excluding hydrogens is 584 g/mol. The maximum atomic E-state index is 3.81. The summed E-state index contributed by atoms with van der Waals surface area (Å²) < 4.78 is 2.63. The van der Waals surface area contributed by atoms with E-state index in [2.05, 4.69) is 70.0 Å². The predicted molar refractivity (Wildman–Crippen MR) is 166 cm³/mol. The zero-order chi connectivity index (χ0) is 24.4. The molecule has 0 radical (unpaired) electrons. The lowest BCUT2D eigenvalue weighted by Gasteiger charge is -2.01. The maximum absolute atomic E-state index is 3.81. The van der Waals surface area contributed by atoms with Crippen LogP contribution in [-0.4, -0.2) is 0 Å². The molecule has 0 saturated carbocycles. The number of aryl methyl sites for hydroxylation is 2. The first-order chi connectivity index (χ1) is 16.6. The molecule has 0 saturated heterocycles.